The molecule has 0 spiro atoms. The summed E-state index contributed by atoms with van der Waals surface area (Å²) < 4.78 is 17.3. The Morgan fingerprint density at radius 1 is 0.750 bits per heavy atom. The van der Waals surface area contributed by atoms with Crippen LogP contribution in [0.1, 0.15) is 65.7 Å². The molecule has 0 amide bonds. The highest BCUT2D eigenvalue weighted by Crippen LogP contribution is 2.10. The average Bonchev–Trinajstić information content (AvgIpc) is 2.61. The van der Waals surface area contributed by atoms with E-state index in [1.54, 1.807) is 0 Å². The predicted molar refractivity (Wildman–Crippen MR) is 101 cm³/mol. The van der Waals surface area contributed by atoms with Crippen LogP contribution >= 0.6 is 0 Å². The van der Waals surface area contributed by atoms with Crippen LogP contribution in [0.5, 0.6) is 5.75 Å². The van der Waals surface area contributed by atoms with Gasteiger partial charge < -0.3 is 14.2 Å². The van der Waals surface area contributed by atoms with Crippen molar-refractivity contribution >= 4 is 0 Å². The van der Waals surface area contributed by atoms with Crippen molar-refractivity contribution in [3.63, 3.8) is 0 Å². The van der Waals surface area contributed by atoms with Crippen LogP contribution in [0.4, 0.5) is 0 Å². The minimum absolute atomic E-state index is 0.0646. The molecular weight excluding hydrogens is 300 g/mol. The van der Waals surface area contributed by atoms with Crippen molar-refractivity contribution in [2.45, 2.75) is 77.9 Å². The molecule has 3 heteroatoms. The highest BCUT2D eigenvalue weighted by molar-refractivity contribution is 5.20. The number of hydrogen-bond donors (Lipinski definition) is 0. The first-order valence-corrected chi connectivity index (χ1v) is 9.63. The SMILES string of the molecule is CCCCCCCCCOC(C)COC(C)COc1ccccc1. The molecule has 1 aromatic rings. The molecule has 0 aliphatic carbocycles. The summed E-state index contributed by atoms with van der Waals surface area (Å²) in [6.45, 7) is 8.39. The monoisotopic (exact) mass is 336 g/mol. The molecule has 0 bridgehead atoms. The van der Waals surface area contributed by atoms with E-state index in [0.717, 1.165) is 18.8 Å². The van der Waals surface area contributed by atoms with Crippen LogP contribution in [0.2, 0.25) is 0 Å². The van der Waals surface area contributed by atoms with Gasteiger partial charge in [-0.3, -0.25) is 0 Å². The molecule has 0 heterocycles. The highest BCUT2D eigenvalue weighted by Gasteiger charge is 2.08. The summed E-state index contributed by atoms with van der Waals surface area (Å²) in [4.78, 5) is 0. The molecule has 0 saturated carbocycles. The van der Waals surface area contributed by atoms with E-state index in [0.29, 0.717) is 13.2 Å². The van der Waals surface area contributed by atoms with E-state index in [-0.39, 0.29) is 12.2 Å². The van der Waals surface area contributed by atoms with Crippen LogP contribution in [0.15, 0.2) is 30.3 Å². The van der Waals surface area contributed by atoms with E-state index in [9.17, 15) is 0 Å². The lowest BCUT2D eigenvalue weighted by Crippen LogP contribution is -2.24. The zero-order valence-corrected chi connectivity index (χ0v) is 15.8. The number of para-hydroxylation sites is 1. The van der Waals surface area contributed by atoms with Crippen molar-refractivity contribution in [3.05, 3.63) is 30.3 Å². The van der Waals surface area contributed by atoms with Gasteiger partial charge in [0.15, 0.2) is 0 Å². The van der Waals surface area contributed by atoms with Gasteiger partial charge in [0, 0.05) is 6.61 Å². The van der Waals surface area contributed by atoms with Crippen molar-refractivity contribution < 1.29 is 14.2 Å². The van der Waals surface area contributed by atoms with Crippen molar-refractivity contribution in [2.24, 2.45) is 0 Å². The maximum atomic E-state index is 5.82. The molecule has 2 unspecified atom stereocenters. The van der Waals surface area contributed by atoms with Gasteiger partial charge in [-0.25, -0.2) is 0 Å². The van der Waals surface area contributed by atoms with E-state index in [1.165, 1.54) is 38.5 Å². The summed E-state index contributed by atoms with van der Waals surface area (Å²) in [5, 5.41) is 0. The van der Waals surface area contributed by atoms with E-state index in [4.69, 9.17) is 14.2 Å². The summed E-state index contributed by atoms with van der Waals surface area (Å²) in [7, 11) is 0. The molecule has 0 fully saturated rings. The molecule has 2 atom stereocenters. The fourth-order valence-corrected chi connectivity index (χ4v) is 2.47. The standard InChI is InChI=1S/C21H36O3/c1-4-5-6-7-8-9-13-16-22-19(2)17-23-20(3)18-24-21-14-11-10-12-15-21/h10-12,14-15,19-20H,4-9,13,16-18H2,1-3H3. The summed E-state index contributed by atoms with van der Waals surface area (Å²) in [5.41, 5.74) is 0. The number of ether oxygens (including phenoxy) is 3. The molecule has 0 aromatic heterocycles. The second-order valence-corrected chi connectivity index (χ2v) is 6.57. The van der Waals surface area contributed by atoms with Gasteiger partial charge in [-0.15, -0.1) is 0 Å². The van der Waals surface area contributed by atoms with E-state index < -0.39 is 0 Å². The highest BCUT2D eigenvalue weighted by atomic mass is 16.6. The van der Waals surface area contributed by atoms with Gasteiger partial charge >= 0.3 is 0 Å². The molecule has 0 radical (unpaired) electrons. The van der Waals surface area contributed by atoms with Crippen LogP contribution in [0, 0.1) is 0 Å². The van der Waals surface area contributed by atoms with Gasteiger partial charge in [0.2, 0.25) is 0 Å². The molecule has 24 heavy (non-hydrogen) atoms. The third-order valence-electron chi connectivity index (χ3n) is 3.99. The second-order valence-electron chi connectivity index (χ2n) is 6.57. The summed E-state index contributed by atoms with van der Waals surface area (Å²) in [6, 6.07) is 9.85. The Balaban J connectivity index is 1.94. The molecular formula is C21H36O3. The third-order valence-corrected chi connectivity index (χ3v) is 3.99. The van der Waals surface area contributed by atoms with Crippen LogP contribution in [-0.2, 0) is 9.47 Å². The predicted octanol–water partition coefficient (Wildman–Crippen LogP) is 5.63. The number of benzene rings is 1. The summed E-state index contributed by atoms with van der Waals surface area (Å²) >= 11 is 0. The average molecular weight is 337 g/mol. The smallest absolute Gasteiger partial charge is 0.119 e. The minimum atomic E-state index is 0.0646. The van der Waals surface area contributed by atoms with Crippen molar-refractivity contribution in [1.82, 2.24) is 0 Å². The molecule has 0 saturated heterocycles. The largest absolute Gasteiger partial charge is 0.491 e. The van der Waals surface area contributed by atoms with Crippen LogP contribution in [0.25, 0.3) is 0 Å². The summed E-state index contributed by atoms with van der Waals surface area (Å²) in [5.74, 6) is 0.885. The Bertz CT molecular complexity index is 380. The Labute approximate surface area is 148 Å². The van der Waals surface area contributed by atoms with Gasteiger partial charge in [0.1, 0.15) is 12.4 Å². The maximum Gasteiger partial charge on any atom is 0.119 e. The first-order chi connectivity index (χ1) is 11.7. The fraction of sp³-hybridized carbons (Fsp3) is 0.714. The van der Waals surface area contributed by atoms with Gasteiger partial charge in [-0.2, -0.15) is 0 Å². The minimum Gasteiger partial charge on any atom is -0.491 e. The molecule has 138 valence electrons. The zero-order chi connectivity index (χ0) is 17.5. The quantitative estimate of drug-likeness (QED) is 0.389. The molecule has 1 aromatic carbocycles. The van der Waals surface area contributed by atoms with E-state index >= 15 is 0 Å². The van der Waals surface area contributed by atoms with Crippen molar-refractivity contribution in [3.8, 4) is 5.75 Å². The van der Waals surface area contributed by atoms with Crippen LogP contribution < -0.4 is 4.74 Å². The lowest BCUT2D eigenvalue weighted by Gasteiger charge is -2.18. The van der Waals surface area contributed by atoms with E-state index in [2.05, 4.69) is 13.8 Å². The normalized spacial score (nSPS) is 13.6. The molecule has 1 rings (SSSR count). The van der Waals surface area contributed by atoms with Crippen molar-refractivity contribution in [2.75, 3.05) is 19.8 Å². The Hall–Kier alpha value is -1.06. The number of hydrogen-bond acceptors (Lipinski definition) is 3. The van der Waals surface area contributed by atoms with Gasteiger partial charge in [-0.05, 0) is 32.4 Å². The molecule has 0 aliphatic rings. The first-order valence-electron chi connectivity index (χ1n) is 9.63. The lowest BCUT2D eigenvalue weighted by atomic mass is 10.1. The lowest BCUT2D eigenvalue weighted by molar-refractivity contribution is -0.0430. The van der Waals surface area contributed by atoms with Gasteiger partial charge in [0.05, 0.1) is 18.8 Å². The maximum absolute atomic E-state index is 5.82. The fourth-order valence-electron chi connectivity index (χ4n) is 2.47. The Kier molecular flexibility index (Phi) is 12.5. The Morgan fingerprint density at radius 3 is 2.08 bits per heavy atom. The van der Waals surface area contributed by atoms with Gasteiger partial charge in [-0.1, -0.05) is 63.6 Å². The third kappa shape index (κ3) is 11.5. The Morgan fingerprint density at radius 2 is 1.38 bits per heavy atom. The topological polar surface area (TPSA) is 27.7 Å². The van der Waals surface area contributed by atoms with E-state index in [1.807, 2.05) is 37.3 Å². The summed E-state index contributed by atoms with van der Waals surface area (Å²) in [6.07, 6.45) is 9.41. The second kappa shape index (κ2) is 14.3. The van der Waals surface area contributed by atoms with Crippen molar-refractivity contribution in [1.29, 1.82) is 0 Å². The number of rotatable bonds is 15. The zero-order valence-electron chi connectivity index (χ0n) is 15.8. The molecule has 0 N–H and O–H groups in total. The number of unbranched alkanes of at least 4 members (excludes halogenated alkanes) is 6. The van der Waals surface area contributed by atoms with Gasteiger partial charge in [0.25, 0.3) is 0 Å². The first kappa shape index (κ1) is 21.0. The van der Waals surface area contributed by atoms with Crippen LogP contribution in [-0.4, -0.2) is 32.0 Å². The molecule has 0 aliphatic heterocycles. The molecule has 3 nitrogen and oxygen atoms in total. The van der Waals surface area contributed by atoms with Crippen LogP contribution in [0.3, 0.4) is 0 Å².